The van der Waals surface area contributed by atoms with Crippen molar-refractivity contribution in [2.24, 2.45) is 0 Å². The van der Waals surface area contributed by atoms with Crippen LogP contribution in [-0.2, 0) is 16.1 Å². The summed E-state index contributed by atoms with van der Waals surface area (Å²) in [6.45, 7) is 0.207. The van der Waals surface area contributed by atoms with Crippen LogP contribution in [0.5, 0.6) is 0 Å². The smallest absolute Gasteiger partial charge is 0.251 e. The highest BCUT2D eigenvalue weighted by Crippen LogP contribution is 2.15. The van der Waals surface area contributed by atoms with Crippen LogP contribution in [0.15, 0.2) is 40.3 Å². The van der Waals surface area contributed by atoms with Crippen LogP contribution in [0.25, 0.3) is 0 Å². The summed E-state index contributed by atoms with van der Waals surface area (Å²) in [5.41, 5.74) is 0.269. The van der Waals surface area contributed by atoms with Crippen molar-refractivity contribution in [1.82, 2.24) is 9.97 Å². The number of thioether (sulfide) groups is 1. The van der Waals surface area contributed by atoms with E-state index in [1.54, 1.807) is 6.07 Å². The number of ether oxygens (including phenoxy) is 1. The van der Waals surface area contributed by atoms with Gasteiger partial charge in [0.2, 0.25) is 5.91 Å². The summed E-state index contributed by atoms with van der Waals surface area (Å²) in [5.74, 6) is -0.905. The van der Waals surface area contributed by atoms with Crippen molar-refractivity contribution in [3.05, 3.63) is 52.2 Å². The molecule has 1 amide bonds. The molecular formula is C14H14FN3O3S. The highest BCUT2D eigenvalue weighted by molar-refractivity contribution is 7.99. The molecule has 0 fully saturated rings. The molecule has 0 saturated carbocycles. The lowest BCUT2D eigenvalue weighted by Crippen LogP contribution is -2.16. The molecule has 6 nitrogen and oxygen atoms in total. The number of benzene rings is 1. The number of carbonyl (C=O) groups excluding carboxylic acids is 1. The predicted octanol–water partition coefficient (Wildman–Crippen LogP) is 1.79. The number of hydrogen-bond donors (Lipinski definition) is 2. The van der Waals surface area contributed by atoms with Crippen LogP contribution < -0.4 is 10.9 Å². The van der Waals surface area contributed by atoms with E-state index in [0.29, 0.717) is 10.9 Å². The Morgan fingerprint density at radius 1 is 1.45 bits per heavy atom. The summed E-state index contributed by atoms with van der Waals surface area (Å²) < 4.78 is 18.3. The number of amides is 1. The van der Waals surface area contributed by atoms with Gasteiger partial charge in [-0.2, -0.15) is 0 Å². The topological polar surface area (TPSA) is 84.1 Å². The standard InChI is InChI=1S/C14H14FN3O3S/c1-21-7-9-6-12(19)18-14(16-9)22-8-13(20)17-11-5-3-2-4-10(11)15/h2-6H,7-8H2,1H3,(H,17,20)(H,16,18,19). The van der Waals surface area contributed by atoms with Gasteiger partial charge < -0.3 is 15.0 Å². The molecule has 0 spiro atoms. The number of nitrogens with one attached hydrogen (secondary N) is 2. The predicted molar refractivity (Wildman–Crippen MR) is 81.3 cm³/mol. The summed E-state index contributed by atoms with van der Waals surface area (Å²) in [6.07, 6.45) is 0. The van der Waals surface area contributed by atoms with E-state index in [4.69, 9.17) is 4.74 Å². The van der Waals surface area contributed by atoms with Gasteiger partial charge in [0.25, 0.3) is 5.56 Å². The second-order valence-corrected chi connectivity index (χ2v) is 5.26. The van der Waals surface area contributed by atoms with Crippen LogP contribution in [0.2, 0.25) is 0 Å². The molecule has 0 unspecified atom stereocenters. The SMILES string of the molecule is COCc1cc(=O)[nH]c(SCC(=O)Nc2ccccc2F)n1. The number of aromatic amines is 1. The lowest BCUT2D eigenvalue weighted by atomic mass is 10.3. The first-order valence-corrected chi connectivity index (χ1v) is 7.33. The molecule has 0 aliphatic heterocycles. The number of H-pyrrole nitrogens is 1. The molecule has 0 aliphatic carbocycles. The Morgan fingerprint density at radius 3 is 2.95 bits per heavy atom. The molecule has 0 radical (unpaired) electrons. The van der Waals surface area contributed by atoms with Gasteiger partial charge in [-0.3, -0.25) is 9.59 Å². The molecule has 1 aromatic carbocycles. The minimum absolute atomic E-state index is 0.00624. The Morgan fingerprint density at radius 2 is 2.23 bits per heavy atom. The maximum atomic E-state index is 13.4. The van der Waals surface area contributed by atoms with Crippen molar-refractivity contribution in [2.45, 2.75) is 11.8 Å². The van der Waals surface area contributed by atoms with Crippen LogP contribution in [-0.4, -0.2) is 28.7 Å². The van der Waals surface area contributed by atoms with Gasteiger partial charge in [0, 0.05) is 13.2 Å². The molecular weight excluding hydrogens is 309 g/mol. The Bertz CT molecular complexity index is 720. The highest BCUT2D eigenvalue weighted by Gasteiger charge is 2.09. The third kappa shape index (κ3) is 4.68. The van der Waals surface area contributed by atoms with Crippen molar-refractivity contribution in [3.8, 4) is 0 Å². The normalized spacial score (nSPS) is 10.5. The lowest BCUT2D eigenvalue weighted by molar-refractivity contribution is -0.113. The fourth-order valence-electron chi connectivity index (χ4n) is 1.66. The molecule has 2 aromatic rings. The van der Waals surface area contributed by atoms with Crippen molar-refractivity contribution >= 4 is 23.4 Å². The number of nitrogens with zero attached hydrogens (tertiary/aromatic N) is 1. The Labute approximate surface area is 130 Å². The Balaban J connectivity index is 1.96. The molecule has 0 aliphatic rings. The van der Waals surface area contributed by atoms with E-state index in [2.05, 4.69) is 15.3 Å². The van der Waals surface area contributed by atoms with Crippen molar-refractivity contribution in [2.75, 3.05) is 18.2 Å². The summed E-state index contributed by atoms with van der Waals surface area (Å²) >= 11 is 1.05. The molecule has 0 saturated heterocycles. The molecule has 8 heteroatoms. The quantitative estimate of drug-likeness (QED) is 0.625. The highest BCUT2D eigenvalue weighted by atomic mass is 32.2. The average Bonchev–Trinajstić information content (AvgIpc) is 2.47. The monoisotopic (exact) mass is 323 g/mol. The van der Waals surface area contributed by atoms with Gasteiger partial charge in [0.05, 0.1) is 23.7 Å². The van der Waals surface area contributed by atoms with Gasteiger partial charge in [-0.05, 0) is 12.1 Å². The van der Waals surface area contributed by atoms with Crippen molar-refractivity contribution < 1.29 is 13.9 Å². The summed E-state index contributed by atoms with van der Waals surface area (Å²) in [5, 5.41) is 2.76. The number of hydrogen-bond acceptors (Lipinski definition) is 5. The number of para-hydroxylation sites is 1. The first-order chi connectivity index (χ1) is 10.6. The Hall–Kier alpha value is -2.19. The minimum atomic E-state index is -0.505. The first kappa shape index (κ1) is 16.2. The maximum absolute atomic E-state index is 13.4. The van der Waals surface area contributed by atoms with E-state index in [9.17, 15) is 14.0 Å². The van der Waals surface area contributed by atoms with Crippen LogP contribution in [0.3, 0.4) is 0 Å². The van der Waals surface area contributed by atoms with E-state index in [1.807, 2.05) is 0 Å². The molecule has 0 bridgehead atoms. The van der Waals surface area contributed by atoms with Crippen LogP contribution in [0, 0.1) is 5.82 Å². The first-order valence-electron chi connectivity index (χ1n) is 6.35. The van der Waals surface area contributed by atoms with Gasteiger partial charge in [0.1, 0.15) is 5.82 Å². The zero-order valence-corrected chi connectivity index (χ0v) is 12.6. The van der Waals surface area contributed by atoms with Gasteiger partial charge in [-0.1, -0.05) is 23.9 Å². The largest absolute Gasteiger partial charge is 0.378 e. The van der Waals surface area contributed by atoms with Crippen LogP contribution in [0.1, 0.15) is 5.69 Å². The van der Waals surface area contributed by atoms with E-state index >= 15 is 0 Å². The van der Waals surface area contributed by atoms with Crippen molar-refractivity contribution in [3.63, 3.8) is 0 Å². The summed E-state index contributed by atoms with van der Waals surface area (Å²) in [7, 11) is 1.50. The second kappa shape index (κ2) is 7.71. The molecule has 2 N–H and O–H groups in total. The number of carbonyl (C=O) groups is 1. The minimum Gasteiger partial charge on any atom is -0.378 e. The van der Waals surface area contributed by atoms with E-state index < -0.39 is 11.7 Å². The molecule has 1 heterocycles. The van der Waals surface area contributed by atoms with Gasteiger partial charge in [-0.25, -0.2) is 9.37 Å². The number of anilines is 1. The molecule has 116 valence electrons. The van der Waals surface area contributed by atoms with E-state index in [0.717, 1.165) is 11.8 Å². The molecule has 0 atom stereocenters. The third-order valence-electron chi connectivity index (χ3n) is 2.55. The van der Waals surface area contributed by atoms with Gasteiger partial charge in [-0.15, -0.1) is 0 Å². The number of halogens is 1. The third-order valence-corrected chi connectivity index (χ3v) is 3.43. The Kier molecular flexibility index (Phi) is 5.68. The zero-order valence-electron chi connectivity index (χ0n) is 11.8. The van der Waals surface area contributed by atoms with Crippen LogP contribution >= 0.6 is 11.8 Å². The second-order valence-electron chi connectivity index (χ2n) is 4.29. The summed E-state index contributed by atoms with van der Waals surface area (Å²) in [4.78, 5) is 29.9. The molecule has 22 heavy (non-hydrogen) atoms. The fraction of sp³-hybridized carbons (Fsp3) is 0.214. The van der Waals surface area contributed by atoms with E-state index in [-0.39, 0.29) is 23.6 Å². The molecule has 2 rings (SSSR count). The van der Waals surface area contributed by atoms with E-state index in [1.165, 1.54) is 31.4 Å². The lowest BCUT2D eigenvalue weighted by Gasteiger charge is -2.06. The van der Waals surface area contributed by atoms with Gasteiger partial charge in [0.15, 0.2) is 5.16 Å². The average molecular weight is 323 g/mol. The maximum Gasteiger partial charge on any atom is 0.251 e. The fourth-order valence-corrected chi connectivity index (χ4v) is 2.35. The number of rotatable bonds is 6. The van der Waals surface area contributed by atoms with Crippen molar-refractivity contribution in [1.29, 1.82) is 0 Å². The van der Waals surface area contributed by atoms with Gasteiger partial charge >= 0.3 is 0 Å². The molecule has 1 aromatic heterocycles. The summed E-state index contributed by atoms with van der Waals surface area (Å²) in [6, 6.07) is 7.22. The van der Waals surface area contributed by atoms with Crippen LogP contribution in [0.4, 0.5) is 10.1 Å². The number of aromatic nitrogens is 2. The zero-order chi connectivity index (χ0) is 15.9. The number of methoxy groups -OCH3 is 1.